The van der Waals surface area contributed by atoms with Gasteiger partial charge in [-0.15, -0.1) is 0 Å². The molecule has 8 rings (SSSR count). The molecule has 0 amide bonds. The van der Waals surface area contributed by atoms with Crippen molar-refractivity contribution in [1.82, 2.24) is 9.13 Å². The van der Waals surface area contributed by atoms with Crippen LogP contribution in [0.25, 0.3) is 66.1 Å². The van der Waals surface area contributed by atoms with Gasteiger partial charge in [0.05, 0.1) is 22.1 Å². The normalized spacial score (nSPS) is 11.7. The predicted molar refractivity (Wildman–Crippen MR) is 168 cm³/mol. The highest BCUT2D eigenvalue weighted by molar-refractivity contribution is 9.10. The Kier molecular flexibility index (Phi) is 5.01. The van der Waals surface area contributed by atoms with Gasteiger partial charge in [0.1, 0.15) is 0 Å². The number of aromatic nitrogens is 2. The SMILES string of the molecule is Brc1ccc2c(c1)c1ccccc1n2-c1ccc2c(c1)c1c(-c3ccccc3)cccc1n2-c1ccccc1. The van der Waals surface area contributed by atoms with E-state index in [9.17, 15) is 0 Å². The van der Waals surface area contributed by atoms with Crippen molar-refractivity contribution in [1.29, 1.82) is 0 Å². The average Bonchev–Trinajstić information content (AvgIpc) is 3.50. The second kappa shape index (κ2) is 8.72. The Morgan fingerprint density at radius 3 is 1.90 bits per heavy atom. The number of halogens is 1. The predicted octanol–water partition coefficient (Wildman–Crippen LogP) is 10.3. The molecule has 0 aliphatic rings. The number of para-hydroxylation sites is 2. The number of rotatable bonds is 3. The zero-order valence-corrected chi connectivity index (χ0v) is 22.6. The van der Waals surface area contributed by atoms with Gasteiger partial charge in [-0.1, -0.05) is 94.8 Å². The first-order valence-electron chi connectivity index (χ1n) is 13.1. The van der Waals surface area contributed by atoms with Crippen LogP contribution in [0.2, 0.25) is 0 Å². The van der Waals surface area contributed by atoms with Crippen LogP contribution in [-0.2, 0) is 0 Å². The van der Waals surface area contributed by atoms with Crippen molar-refractivity contribution in [2.75, 3.05) is 0 Å². The number of benzene rings is 6. The third-order valence-corrected chi connectivity index (χ3v) is 8.26. The zero-order valence-electron chi connectivity index (χ0n) is 21.1. The van der Waals surface area contributed by atoms with Crippen LogP contribution in [0, 0.1) is 0 Å². The van der Waals surface area contributed by atoms with E-state index in [1.165, 1.54) is 54.7 Å². The summed E-state index contributed by atoms with van der Waals surface area (Å²) in [5, 5.41) is 5.02. The maximum absolute atomic E-state index is 3.69. The first-order valence-corrected chi connectivity index (χ1v) is 13.9. The van der Waals surface area contributed by atoms with Crippen molar-refractivity contribution in [3.05, 3.63) is 144 Å². The number of hydrogen-bond donors (Lipinski definition) is 0. The summed E-state index contributed by atoms with van der Waals surface area (Å²) in [6, 6.07) is 50.2. The van der Waals surface area contributed by atoms with Crippen LogP contribution in [0.1, 0.15) is 0 Å². The highest BCUT2D eigenvalue weighted by Gasteiger charge is 2.18. The Morgan fingerprint density at radius 1 is 0.410 bits per heavy atom. The third kappa shape index (κ3) is 3.40. The molecular formula is C36H23BrN2. The molecule has 0 radical (unpaired) electrons. The molecule has 0 atom stereocenters. The van der Waals surface area contributed by atoms with Crippen molar-refractivity contribution in [3.63, 3.8) is 0 Å². The molecular weight excluding hydrogens is 540 g/mol. The molecule has 0 aliphatic carbocycles. The van der Waals surface area contributed by atoms with E-state index in [4.69, 9.17) is 0 Å². The van der Waals surface area contributed by atoms with Crippen LogP contribution in [0.4, 0.5) is 0 Å². The first kappa shape index (κ1) is 22.4. The Morgan fingerprint density at radius 2 is 1.05 bits per heavy atom. The molecule has 184 valence electrons. The van der Waals surface area contributed by atoms with E-state index in [0.717, 1.165) is 15.8 Å². The van der Waals surface area contributed by atoms with Crippen molar-refractivity contribution >= 4 is 59.5 Å². The molecule has 0 unspecified atom stereocenters. The lowest BCUT2D eigenvalue weighted by atomic mass is 9.99. The molecule has 39 heavy (non-hydrogen) atoms. The summed E-state index contributed by atoms with van der Waals surface area (Å²) in [4.78, 5) is 0. The molecule has 0 bridgehead atoms. The minimum absolute atomic E-state index is 1.09. The lowest BCUT2D eigenvalue weighted by Crippen LogP contribution is -1.95. The fourth-order valence-corrected chi connectivity index (χ4v) is 6.50. The van der Waals surface area contributed by atoms with Crippen molar-refractivity contribution in [3.8, 4) is 22.5 Å². The molecule has 0 aliphatic heterocycles. The molecule has 0 fully saturated rings. The van der Waals surface area contributed by atoms with Gasteiger partial charge >= 0.3 is 0 Å². The minimum Gasteiger partial charge on any atom is -0.309 e. The average molecular weight is 563 g/mol. The number of hydrogen-bond acceptors (Lipinski definition) is 0. The smallest absolute Gasteiger partial charge is 0.0547 e. The molecule has 2 aromatic heterocycles. The van der Waals surface area contributed by atoms with E-state index in [1.54, 1.807) is 0 Å². The fourth-order valence-electron chi connectivity index (χ4n) is 6.13. The van der Waals surface area contributed by atoms with Gasteiger partial charge < -0.3 is 9.13 Å². The summed E-state index contributed by atoms with van der Waals surface area (Å²) in [5.74, 6) is 0. The summed E-state index contributed by atoms with van der Waals surface area (Å²) < 4.78 is 5.88. The van der Waals surface area contributed by atoms with E-state index >= 15 is 0 Å². The van der Waals surface area contributed by atoms with Crippen molar-refractivity contribution in [2.24, 2.45) is 0 Å². The fraction of sp³-hybridized carbons (Fsp3) is 0. The molecule has 3 heteroatoms. The number of fused-ring (bicyclic) bond motifs is 6. The zero-order chi connectivity index (χ0) is 25.9. The first-order chi connectivity index (χ1) is 19.3. The number of nitrogens with zero attached hydrogens (tertiary/aromatic N) is 2. The molecule has 2 nitrogen and oxygen atoms in total. The molecule has 8 aromatic rings. The van der Waals surface area contributed by atoms with Crippen molar-refractivity contribution < 1.29 is 0 Å². The Labute approximate surface area is 234 Å². The van der Waals surface area contributed by atoms with E-state index in [1.807, 2.05) is 0 Å². The second-order valence-corrected chi connectivity index (χ2v) is 10.9. The van der Waals surface area contributed by atoms with Crippen LogP contribution in [-0.4, -0.2) is 9.13 Å². The lowest BCUT2D eigenvalue weighted by Gasteiger charge is -2.10. The van der Waals surface area contributed by atoms with E-state index in [2.05, 4.69) is 165 Å². The van der Waals surface area contributed by atoms with Crippen LogP contribution in [0.5, 0.6) is 0 Å². The Hall–Kier alpha value is -4.60. The van der Waals surface area contributed by atoms with Crippen LogP contribution >= 0.6 is 15.9 Å². The topological polar surface area (TPSA) is 9.86 Å². The quantitative estimate of drug-likeness (QED) is 0.202. The highest BCUT2D eigenvalue weighted by atomic mass is 79.9. The van der Waals surface area contributed by atoms with Gasteiger partial charge in [0.25, 0.3) is 0 Å². The van der Waals surface area contributed by atoms with E-state index in [-0.39, 0.29) is 0 Å². The summed E-state index contributed by atoms with van der Waals surface area (Å²) in [5.41, 5.74) is 9.61. The maximum Gasteiger partial charge on any atom is 0.0547 e. The van der Waals surface area contributed by atoms with Crippen LogP contribution in [0.3, 0.4) is 0 Å². The molecule has 2 heterocycles. The molecule has 0 spiro atoms. The summed E-state index contributed by atoms with van der Waals surface area (Å²) in [6.45, 7) is 0. The third-order valence-electron chi connectivity index (χ3n) is 7.77. The monoisotopic (exact) mass is 562 g/mol. The largest absolute Gasteiger partial charge is 0.309 e. The van der Waals surface area contributed by atoms with Crippen molar-refractivity contribution in [2.45, 2.75) is 0 Å². The van der Waals surface area contributed by atoms with E-state index < -0.39 is 0 Å². The van der Waals surface area contributed by atoms with Gasteiger partial charge in [0.15, 0.2) is 0 Å². The molecule has 0 saturated carbocycles. The highest BCUT2D eigenvalue weighted by Crippen LogP contribution is 2.40. The summed E-state index contributed by atoms with van der Waals surface area (Å²) >= 11 is 3.69. The van der Waals surface area contributed by atoms with Crippen LogP contribution < -0.4 is 0 Å². The minimum atomic E-state index is 1.09. The van der Waals surface area contributed by atoms with Gasteiger partial charge in [-0.25, -0.2) is 0 Å². The van der Waals surface area contributed by atoms with Gasteiger partial charge in [-0.3, -0.25) is 0 Å². The van der Waals surface area contributed by atoms with Gasteiger partial charge in [-0.05, 0) is 71.8 Å². The molecule has 0 saturated heterocycles. The summed E-state index contributed by atoms with van der Waals surface area (Å²) in [6.07, 6.45) is 0. The van der Waals surface area contributed by atoms with E-state index in [0.29, 0.717) is 0 Å². The lowest BCUT2D eigenvalue weighted by molar-refractivity contribution is 1.16. The summed E-state index contributed by atoms with van der Waals surface area (Å²) in [7, 11) is 0. The standard InChI is InChI=1S/C36H23BrN2/c37-25-18-20-33-30(22-25)29-14-7-8-16-32(29)39(33)27-19-21-34-31(23-27)36-28(24-10-3-1-4-11-24)15-9-17-35(36)38(34)26-12-5-2-6-13-26/h1-23H. The van der Waals surface area contributed by atoms with Gasteiger partial charge in [0.2, 0.25) is 0 Å². The maximum atomic E-state index is 3.69. The Balaban J connectivity index is 1.51. The molecule has 0 N–H and O–H groups in total. The van der Waals surface area contributed by atoms with Gasteiger partial charge in [0, 0.05) is 37.4 Å². The second-order valence-electron chi connectivity index (χ2n) is 9.95. The van der Waals surface area contributed by atoms with Gasteiger partial charge in [-0.2, -0.15) is 0 Å². The molecule has 6 aromatic carbocycles. The Bertz CT molecular complexity index is 2170. The van der Waals surface area contributed by atoms with Crippen LogP contribution in [0.15, 0.2) is 144 Å².